The summed E-state index contributed by atoms with van der Waals surface area (Å²) in [6.45, 7) is 4.62. The van der Waals surface area contributed by atoms with E-state index < -0.39 is 0 Å². The summed E-state index contributed by atoms with van der Waals surface area (Å²) < 4.78 is 5.10. The third-order valence-electron chi connectivity index (χ3n) is 8.08. The summed E-state index contributed by atoms with van der Waals surface area (Å²) in [5.41, 5.74) is 0.101. The van der Waals surface area contributed by atoms with E-state index in [9.17, 15) is 9.59 Å². The molecule has 0 radical (unpaired) electrons. The number of fused-ring (bicyclic) bond motifs is 5. The van der Waals surface area contributed by atoms with Gasteiger partial charge in [0.1, 0.15) is 0 Å². The van der Waals surface area contributed by atoms with Crippen molar-refractivity contribution in [2.45, 2.75) is 58.4 Å². The Labute approximate surface area is 162 Å². The van der Waals surface area contributed by atoms with Gasteiger partial charge in [-0.3, -0.25) is 4.79 Å². The van der Waals surface area contributed by atoms with E-state index in [1.165, 1.54) is 7.11 Å². The number of hydrogen-bond donors (Lipinski definition) is 0. The van der Waals surface area contributed by atoms with Crippen molar-refractivity contribution in [1.82, 2.24) is 0 Å². The van der Waals surface area contributed by atoms with E-state index in [2.05, 4.69) is 25.2 Å². The zero-order valence-corrected chi connectivity index (χ0v) is 16.0. The standard InChI is InChI=1S/C20H29NO3.Li/c1-19-10-8-14-12(13(19)5-6-15(19)18(23)24-3)4-7-16-20(14,2)11-9-17(22)21-16;/h9,11-16H,4-8,10H2,1-3H3,(H,21,22);/q;+1/p-1/t12?,13?,14?,15?,16-,19?,20?;/m1./s1. The molecule has 0 bridgehead atoms. The second-order valence-electron chi connectivity index (χ2n) is 8.83. The van der Waals surface area contributed by atoms with Gasteiger partial charge in [-0.2, -0.15) is 0 Å². The van der Waals surface area contributed by atoms with Gasteiger partial charge in [0.25, 0.3) is 0 Å². The van der Waals surface area contributed by atoms with E-state index in [1.54, 1.807) is 6.08 Å². The van der Waals surface area contributed by atoms with E-state index in [4.69, 9.17) is 4.74 Å². The van der Waals surface area contributed by atoms with Crippen LogP contribution >= 0.6 is 0 Å². The first kappa shape index (κ1) is 19.1. The predicted molar refractivity (Wildman–Crippen MR) is 91.2 cm³/mol. The van der Waals surface area contributed by atoms with Crippen LogP contribution < -0.4 is 18.9 Å². The Morgan fingerprint density at radius 2 is 1.92 bits per heavy atom. The molecule has 5 heteroatoms. The summed E-state index contributed by atoms with van der Waals surface area (Å²) in [6, 6.07) is 0.151. The van der Waals surface area contributed by atoms with Crippen molar-refractivity contribution in [1.29, 1.82) is 0 Å². The summed E-state index contributed by atoms with van der Waals surface area (Å²) in [4.78, 5) is 24.0. The largest absolute Gasteiger partial charge is 1.00 e. The smallest absolute Gasteiger partial charge is 0.646 e. The molecule has 0 spiro atoms. The van der Waals surface area contributed by atoms with Crippen LogP contribution in [0.15, 0.2) is 12.2 Å². The fraction of sp³-hybridized carbons (Fsp3) is 0.800. The van der Waals surface area contributed by atoms with Crippen LogP contribution in [-0.2, 0) is 14.3 Å². The average molecular weight is 337 g/mol. The number of hydrogen-bond acceptors (Lipinski definition) is 3. The normalized spacial score (nSPS) is 47.6. The van der Waals surface area contributed by atoms with Gasteiger partial charge in [0, 0.05) is 0 Å². The first-order chi connectivity index (χ1) is 11.4. The van der Waals surface area contributed by atoms with Gasteiger partial charge in [0.15, 0.2) is 0 Å². The molecule has 25 heavy (non-hydrogen) atoms. The van der Waals surface area contributed by atoms with E-state index in [-0.39, 0.29) is 53.5 Å². The van der Waals surface area contributed by atoms with Gasteiger partial charge in [-0.05, 0) is 60.3 Å². The summed E-state index contributed by atoms with van der Waals surface area (Å²) in [5, 5.41) is 4.43. The Balaban J connectivity index is 0.00000182. The van der Waals surface area contributed by atoms with Crippen LogP contribution in [0.2, 0.25) is 0 Å². The molecule has 3 aliphatic carbocycles. The van der Waals surface area contributed by atoms with Crippen LogP contribution in [-0.4, -0.2) is 25.0 Å². The van der Waals surface area contributed by atoms with Crippen LogP contribution in [0, 0.1) is 34.5 Å². The van der Waals surface area contributed by atoms with Crippen LogP contribution in [0.5, 0.6) is 0 Å². The van der Waals surface area contributed by atoms with Crippen molar-refractivity contribution in [2.75, 3.05) is 7.11 Å². The quantitative estimate of drug-likeness (QED) is 0.527. The molecule has 4 nitrogen and oxygen atoms in total. The molecule has 4 rings (SSSR count). The SMILES string of the molecule is COC(=O)C1CCC2C3CC[C@H]4[N-]C(=O)C=CC4(C)C3CCC12C.[Li+]. The molecule has 0 aromatic carbocycles. The number of rotatable bonds is 1. The maximum atomic E-state index is 12.3. The average Bonchev–Trinajstić information content (AvgIpc) is 2.92. The Bertz CT molecular complexity index is 606. The maximum absolute atomic E-state index is 12.3. The van der Waals surface area contributed by atoms with Crippen molar-refractivity contribution >= 4 is 11.9 Å². The molecule has 4 aliphatic rings. The Hall–Kier alpha value is -0.723. The number of carbonyl (C=O) groups excluding carboxylic acids is 2. The minimum atomic E-state index is -0.0665. The summed E-state index contributed by atoms with van der Waals surface area (Å²) >= 11 is 0. The first-order valence-corrected chi connectivity index (χ1v) is 9.42. The fourth-order valence-electron chi connectivity index (χ4n) is 6.79. The topological polar surface area (TPSA) is 57.5 Å². The minimum absolute atomic E-state index is 0. The first-order valence-electron chi connectivity index (χ1n) is 9.42. The van der Waals surface area contributed by atoms with Crippen molar-refractivity contribution in [3.05, 3.63) is 17.5 Å². The zero-order chi connectivity index (χ0) is 17.1. The van der Waals surface area contributed by atoms with Crippen molar-refractivity contribution in [3.63, 3.8) is 0 Å². The monoisotopic (exact) mass is 337 g/mol. The second kappa shape index (κ2) is 6.46. The Morgan fingerprint density at radius 3 is 2.64 bits per heavy atom. The minimum Gasteiger partial charge on any atom is -0.646 e. The molecule has 0 aromatic heterocycles. The van der Waals surface area contributed by atoms with Crippen LogP contribution in [0.4, 0.5) is 0 Å². The second-order valence-corrected chi connectivity index (χ2v) is 8.83. The molecule has 1 aliphatic heterocycles. The van der Waals surface area contributed by atoms with Crippen molar-refractivity contribution < 1.29 is 33.2 Å². The third-order valence-corrected chi connectivity index (χ3v) is 8.08. The molecule has 0 N–H and O–H groups in total. The van der Waals surface area contributed by atoms with Crippen LogP contribution in [0.3, 0.4) is 0 Å². The van der Waals surface area contributed by atoms with Gasteiger partial charge in [0.05, 0.1) is 18.9 Å². The summed E-state index contributed by atoms with van der Waals surface area (Å²) in [6.07, 6.45) is 10.3. The fourth-order valence-corrected chi connectivity index (χ4v) is 6.79. The molecule has 7 atom stereocenters. The number of esters is 1. The van der Waals surface area contributed by atoms with Gasteiger partial charge < -0.3 is 14.8 Å². The molecule has 0 saturated heterocycles. The van der Waals surface area contributed by atoms with Gasteiger partial charge in [-0.1, -0.05) is 32.8 Å². The molecule has 1 heterocycles. The molecule has 132 valence electrons. The van der Waals surface area contributed by atoms with Gasteiger partial charge in [-0.25, -0.2) is 0 Å². The number of amides is 1. The van der Waals surface area contributed by atoms with Crippen LogP contribution in [0.25, 0.3) is 5.32 Å². The van der Waals surface area contributed by atoms with Crippen molar-refractivity contribution in [3.8, 4) is 0 Å². The van der Waals surface area contributed by atoms with Crippen molar-refractivity contribution in [2.24, 2.45) is 34.5 Å². The third kappa shape index (κ3) is 2.63. The van der Waals surface area contributed by atoms with Gasteiger partial charge >= 0.3 is 24.8 Å². The van der Waals surface area contributed by atoms with Crippen LogP contribution in [0.1, 0.15) is 52.4 Å². The van der Waals surface area contributed by atoms with E-state index in [0.29, 0.717) is 17.8 Å². The molecular formula is C20H28LiNO3. The number of methoxy groups -OCH3 is 1. The molecular weight excluding hydrogens is 309 g/mol. The molecule has 6 unspecified atom stereocenters. The molecule has 3 saturated carbocycles. The summed E-state index contributed by atoms with van der Waals surface area (Å²) in [7, 11) is 1.52. The van der Waals surface area contributed by atoms with E-state index in [1.807, 2.05) is 0 Å². The number of carbonyl (C=O) groups is 2. The van der Waals surface area contributed by atoms with Gasteiger partial charge in [0.2, 0.25) is 0 Å². The van der Waals surface area contributed by atoms with E-state index >= 15 is 0 Å². The number of ether oxygens (including phenoxy) is 1. The summed E-state index contributed by atoms with van der Waals surface area (Å²) in [5.74, 6) is 1.81. The maximum Gasteiger partial charge on any atom is 1.00 e. The van der Waals surface area contributed by atoms with Gasteiger partial charge in [-0.15, -0.1) is 6.04 Å². The molecule has 1 amide bonds. The molecule has 0 aromatic rings. The number of nitrogens with zero attached hydrogens (tertiary/aromatic N) is 1. The van der Waals surface area contributed by atoms with E-state index in [0.717, 1.165) is 38.5 Å². The Kier molecular flexibility index (Phi) is 4.93. The zero-order valence-electron chi connectivity index (χ0n) is 16.0. The Morgan fingerprint density at radius 1 is 1.16 bits per heavy atom. The molecule has 3 fully saturated rings. The predicted octanol–water partition coefficient (Wildman–Crippen LogP) is 0.861.